The molecule has 0 spiro atoms. The molecule has 0 aromatic carbocycles. The van der Waals surface area contributed by atoms with Gasteiger partial charge in [-0.25, -0.2) is 0 Å². The van der Waals surface area contributed by atoms with Gasteiger partial charge in [-0.2, -0.15) is 0 Å². The van der Waals surface area contributed by atoms with E-state index in [1.54, 1.807) is 0 Å². The molecule has 5 nitrogen and oxygen atoms in total. The number of carbonyl (C=O) groups is 3. The summed E-state index contributed by atoms with van der Waals surface area (Å²) >= 11 is 0. The summed E-state index contributed by atoms with van der Waals surface area (Å²) in [6, 6.07) is -0.800. The molecule has 0 aliphatic carbocycles. The molecule has 0 bridgehead atoms. The van der Waals surface area contributed by atoms with Crippen molar-refractivity contribution in [1.29, 1.82) is 0 Å². The van der Waals surface area contributed by atoms with Crippen LogP contribution in [0.3, 0.4) is 0 Å². The average molecular weight is 158 g/mol. The van der Waals surface area contributed by atoms with Crippen molar-refractivity contribution in [3.8, 4) is 0 Å². The summed E-state index contributed by atoms with van der Waals surface area (Å²) in [5.41, 5.74) is 4.82. The molecule has 0 aliphatic heterocycles. The fourth-order valence-corrected chi connectivity index (χ4v) is 0.369. The molecule has 1 unspecified atom stereocenters. The van der Waals surface area contributed by atoms with Crippen molar-refractivity contribution in [2.24, 2.45) is 5.73 Å². The molecule has 5 heteroatoms. The number of primary amides is 1. The van der Waals surface area contributed by atoms with Crippen LogP contribution in [0.15, 0.2) is 0 Å². The quantitative estimate of drug-likeness (QED) is 0.493. The van der Waals surface area contributed by atoms with E-state index in [4.69, 9.17) is 5.73 Å². The summed E-state index contributed by atoms with van der Waals surface area (Å²) in [6.07, 6.45) is 0. The lowest BCUT2D eigenvalue weighted by Crippen LogP contribution is -2.44. The third kappa shape index (κ3) is 3.34. The van der Waals surface area contributed by atoms with Crippen LogP contribution in [0.1, 0.15) is 13.8 Å². The number of ketones is 1. The number of amides is 2. The van der Waals surface area contributed by atoms with Crippen LogP contribution in [0, 0.1) is 0 Å². The van der Waals surface area contributed by atoms with Crippen molar-refractivity contribution in [3.05, 3.63) is 0 Å². The Morgan fingerprint density at radius 2 is 1.82 bits per heavy atom. The van der Waals surface area contributed by atoms with E-state index in [1.165, 1.54) is 6.92 Å². The third-order valence-corrected chi connectivity index (χ3v) is 1.09. The first kappa shape index (κ1) is 9.61. The summed E-state index contributed by atoms with van der Waals surface area (Å²) in [5, 5.41) is 2.12. The number of hydrogen-bond acceptors (Lipinski definition) is 3. The molecule has 0 aromatic heterocycles. The van der Waals surface area contributed by atoms with E-state index in [1.807, 2.05) is 0 Å². The topological polar surface area (TPSA) is 89.3 Å². The zero-order chi connectivity index (χ0) is 9.02. The molecule has 0 saturated heterocycles. The van der Waals surface area contributed by atoms with Gasteiger partial charge in [-0.1, -0.05) is 0 Å². The number of hydrogen-bond donors (Lipinski definition) is 2. The molecule has 62 valence electrons. The van der Waals surface area contributed by atoms with E-state index in [0.717, 1.165) is 6.92 Å². The monoisotopic (exact) mass is 158 g/mol. The Bertz CT molecular complexity index is 200. The maximum atomic E-state index is 10.6. The largest absolute Gasteiger partial charge is 0.368 e. The van der Waals surface area contributed by atoms with Gasteiger partial charge in [0.15, 0.2) is 0 Å². The maximum absolute atomic E-state index is 10.6. The molecule has 0 rings (SSSR count). The van der Waals surface area contributed by atoms with Crippen molar-refractivity contribution in [2.75, 3.05) is 0 Å². The zero-order valence-corrected chi connectivity index (χ0v) is 6.38. The van der Waals surface area contributed by atoms with Crippen LogP contribution in [-0.4, -0.2) is 23.6 Å². The van der Waals surface area contributed by atoms with Gasteiger partial charge in [0.05, 0.1) is 0 Å². The Balaban J connectivity index is 3.95. The summed E-state index contributed by atoms with van der Waals surface area (Å²) in [7, 11) is 0. The molecule has 0 heterocycles. The van der Waals surface area contributed by atoms with Crippen LogP contribution in [0.5, 0.6) is 0 Å². The van der Waals surface area contributed by atoms with E-state index >= 15 is 0 Å². The Hall–Kier alpha value is -1.39. The minimum absolute atomic E-state index is 0.641. The molecule has 1 atom stereocenters. The van der Waals surface area contributed by atoms with Gasteiger partial charge in [0.1, 0.15) is 6.04 Å². The van der Waals surface area contributed by atoms with E-state index in [2.05, 4.69) is 5.32 Å². The van der Waals surface area contributed by atoms with Crippen LogP contribution >= 0.6 is 0 Å². The van der Waals surface area contributed by atoms with E-state index in [-0.39, 0.29) is 0 Å². The Morgan fingerprint density at radius 1 is 1.36 bits per heavy atom. The highest BCUT2D eigenvalue weighted by Gasteiger charge is 2.14. The first-order valence-electron chi connectivity index (χ1n) is 3.06. The SMILES string of the molecule is CC(=O)C(=O)NC(C)C(N)=O. The predicted octanol–water partition coefficient (Wildman–Crippen LogP) is -1.43. The summed E-state index contributed by atoms with van der Waals surface area (Å²) in [6.45, 7) is 2.52. The minimum atomic E-state index is -0.800. The lowest BCUT2D eigenvalue weighted by atomic mass is 10.3. The molecule has 0 radical (unpaired) electrons. The molecule has 0 aliphatic rings. The molecule has 3 N–H and O–H groups in total. The van der Waals surface area contributed by atoms with Gasteiger partial charge in [-0.05, 0) is 6.92 Å². The molecular weight excluding hydrogens is 148 g/mol. The zero-order valence-electron chi connectivity index (χ0n) is 6.38. The first-order chi connectivity index (χ1) is 4.95. The average Bonchev–Trinajstić information content (AvgIpc) is 1.87. The van der Waals surface area contributed by atoms with Gasteiger partial charge in [0, 0.05) is 6.92 Å². The van der Waals surface area contributed by atoms with Crippen LogP contribution in [0.25, 0.3) is 0 Å². The summed E-state index contributed by atoms with van der Waals surface area (Å²) < 4.78 is 0. The highest BCUT2D eigenvalue weighted by atomic mass is 16.2. The predicted molar refractivity (Wildman–Crippen MR) is 37.5 cm³/mol. The smallest absolute Gasteiger partial charge is 0.287 e. The highest BCUT2D eigenvalue weighted by molar-refractivity contribution is 6.35. The van der Waals surface area contributed by atoms with E-state index in [9.17, 15) is 14.4 Å². The highest BCUT2D eigenvalue weighted by Crippen LogP contribution is 1.79. The number of Topliss-reactive ketones (excluding diaryl/α,β-unsaturated/α-hetero) is 1. The fourth-order valence-electron chi connectivity index (χ4n) is 0.369. The molecule has 2 amide bonds. The summed E-state index contributed by atoms with van der Waals surface area (Å²) in [5.74, 6) is -2.10. The second-order valence-electron chi connectivity index (χ2n) is 2.15. The van der Waals surface area contributed by atoms with Gasteiger partial charge in [0.25, 0.3) is 5.91 Å². The van der Waals surface area contributed by atoms with Gasteiger partial charge in [-0.15, -0.1) is 0 Å². The first-order valence-corrected chi connectivity index (χ1v) is 3.06. The van der Waals surface area contributed by atoms with Crippen molar-refractivity contribution in [3.63, 3.8) is 0 Å². The fraction of sp³-hybridized carbons (Fsp3) is 0.500. The molecular formula is C6H10N2O3. The van der Waals surface area contributed by atoms with Crippen LogP contribution < -0.4 is 11.1 Å². The number of rotatable bonds is 3. The van der Waals surface area contributed by atoms with Crippen molar-refractivity contribution in [2.45, 2.75) is 19.9 Å². The normalized spacial score (nSPS) is 11.8. The Morgan fingerprint density at radius 3 is 2.09 bits per heavy atom. The third-order valence-electron chi connectivity index (χ3n) is 1.09. The van der Waals surface area contributed by atoms with Gasteiger partial charge in [0.2, 0.25) is 11.7 Å². The Labute approximate surface area is 63.9 Å². The minimum Gasteiger partial charge on any atom is -0.368 e. The maximum Gasteiger partial charge on any atom is 0.287 e. The Kier molecular flexibility index (Phi) is 3.23. The van der Waals surface area contributed by atoms with E-state index in [0.29, 0.717) is 0 Å². The van der Waals surface area contributed by atoms with Gasteiger partial charge in [-0.3, -0.25) is 14.4 Å². The molecule has 0 saturated carbocycles. The van der Waals surface area contributed by atoms with Crippen molar-refractivity contribution >= 4 is 17.6 Å². The standard InChI is InChI=1S/C6H10N2O3/c1-3(5(7)10)8-6(11)4(2)9/h3H,1-2H3,(H2,7,10)(H,8,11). The number of carbonyl (C=O) groups excluding carboxylic acids is 3. The molecule has 0 aromatic rings. The lowest BCUT2D eigenvalue weighted by Gasteiger charge is -2.06. The second-order valence-corrected chi connectivity index (χ2v) is 2.15. The van der Waals surface area contributed by atoms with Gasteiger partial charge < -0.3 is 11.1 Å². The number of nitrogens with one attached hydrogen (secondary N) is 1. The van der Waals surface area contributed by atoms with Crippen LogP contribution in [0.4, 0.5) is 0 Å². The van der Waals surface area contributed by atoms with Crippen LogP contribution in [-0.2, 0) is 14.4 Å². The van der Waals surface area contributed by atoms with Crippen LogP contribution in [0.2, 0.25) is 0 Å². The lowest BCUT2D eigenvalue weighted by molar-refractivity contribution is -0.138. The van der Waals surface area contributed by atoms with Gasteiger partial charge >= 0.3 is 0 Å². The molecule has 11 heavy (non-hydrogen) atoms. The van der Waals surface area contributed by atoms with Crippen molar-refractivity contribution < 1.29 is 14.4 Å². The van der Waals surface area contributed by atoms with E-state index < -0.39 is 23.6 Å². The summed E-state index contributed by atoms with van der Waals surface area (Å²) in [4.78, 5) is 31.3. The molecule has 0 fully saturated rings. The number of nitrogens with two attached hydrogens (primary N) is 1. The second kappa shape index (κ2) is 3.70. The van der Waals surface area contributed by atoms with Crippen molar-refractivity contribution in [1.82, 2.24) is 5.32 Å².